The average Bonchev–Trinajstić information content (AvgIpc) is 1.83. The van der Waals surface area contributed by atoms with E-state index in [9.17, 15) is 4.79 Å². The molecule has 0 amide bonds. The Labute approximate surface area is 55.4 Å². The third kappa shape index (κ3) is 4.75. The first-order chi connectivity index (χ1) is 4.16. The molecule has 1 heteroatoms. The molecule has 9 heavy (non-hydrogen) atoms. The Bertz CT molecular complexity index is 163. The largest absolute Gasteiger partial charge is 0.298 e. The van der Waals surface area contributed by atoms with Crippen molar-refractivity contribution in [1.29, 1.82) is 0 Å². The van der Waals surface area contributed by atoms with E-state index in [-0.39, 0.29) is 0 Å². The zero-order valence-electron chi connectivity index (χ0n) is 5.55. The summed E-state index contributed by atoms with van der Waals surface area (Å²) in [5.74, 6) is 0. The van der Waals surface area contributed by atoms with Crippen molar-refractivity contribution in [3.8, 4) is 0 Å². The van der Waals surface area contributed by atoms with Gasteiger partial charge >= 0.3 is 0 Å². The van der Waals surface area contributed by atoms with Crippen LogP contribution in [0.3, 0.4) is 0 Å². The fourth-order valence-electron chi connectivity index (χ4n) is 0.289. The molecular formula is C8H10O. The Hall–Kier alpha value is -1.11. The second kappa shape index (κ2) is 3.84. The quantitative estimate of drug-likeness (QED) is 0.317. The molecule has 0 rings (SSSR count). The lowest BCUT2D eigenvalue weighted by Crippen LogP contribution is -1.73. The van der Waals surface area contributed by atoms with E-state index in [4.69, 9.17) is 0 Å². The number of allylic oxidation sites excluding steroid dienone is 4. The van der Waals surface area contributed by atoms with Gasteiger partial charge in [-0.15, -0.1) is 0 Å². The second-order valence-electron chi connectivity index (χ2n) is 1.87. The molecule has 0 aromatic carbocycles. The van der Waals surface area contributed by atoms with Gasteiger partial charge in [-0.05, 0) is 6.92 Å². The highest BCUT2D eigenvalue weighted by atomic mass is 16.1. The highest BCUT2D eigenvalue weighted by molar-refractivity contribution is 5.76. The fraction of sp³-hybridized carbons (Fsp3) is 0.125. The minimum atomic E-state index is 0.470. The maximum absolute atomic E-state index is 9.94. The maximum Gasteiger partial charge on any atom is 0.149 e. The van der Waals surface area contributed by atoms with Crippen LogP contribution in [0.25, 0.3) is 0 Å². The van der Waals surface area contributed by atoms with Crippen molar-refractivity contribution in [2.45, 2.75) is 6.92 Å². The van der Waals surface area contributed by atoms with Crippen LogP contribution in [0.1, 0.15) is 6.92 Å². The van der Waals surface area contributed by atoms with Crippen LogP contribution in [0, 0.1) is 0 Å². The van der Waals surface area contributed by atoms with E-state index in [1.807, 2.05) is 6.92 Å². The van der Waals surface area contributed by atoms with E-state index < -0.39 is 0 Å². The lowest BCUT2D eigenvalue weighted by Gasteiger charge is -1.83. The first-order valence-corrected chi connectivity index (χ1v) is 2.64. The number of hydrogen-bond acceptors (Lipinski definition) is 1. The predicted molar refractivity (Wildman–Crippen MR) is 39.2 cm³/mol. The van der Waals surface area contributed by atoms with E-state index in [0.717, 1.165) is 5.57 Å². The molecule has 0 fully saturated rings. The van der Waals surface area contributed by atoms with Crippen molar-refractivity contribution in [1.82, 2.24) is 0 Å². The first kappa shape index (κ1) is 7.89. The van der Waals surface area contributed by atoms with Gasteiger partial charge in [0.25, 0.3) is 0 Å². The number of carbonyl (C=O) groups is 1. The number of hydrogen-bond donors (Lipinski definition) is 0. The Morgan fingerprint density at radius 1 is 1.33 bits per heavy atom. The number of aldehydes is 1. The van der Waals surface area contributed by atoms with Crippen molar-refractivity contribution < 1.29 is 4.79 Å². The first-order valence-electron chi connectivity index (χ1n) is 2.64. The van der Waals surface area contributed by atoms with Gasteiger partial charge in [-0.25, -0.2) is 0 Å². The molecule has 0 saturated heterocycles. The summed E-state index contributed by atoms with van der Waals surface area (Å²) >= 11 is 0. The van der Waals surface area contributed by atoms with Gasteiger partial charge in [0.1, 0.15) is 6.29 Å². The molecule has 0 aliphatic heterocycles. The lowest BCUT2D eigenvalue weighted by molar-refractivity contribution is -0.104. The Kier molecular flexibility index (Phi) is 3.37. The van der Waals surface area contributed by atoms with Crippen LogP contribution in [0.2, 0.25) is 0 Å². The summed E-state index contributed by atoms with van der Waals surface area (Å²) in [6.45, 7) is 8.92. The zero-order valence-corrected chi connectivity index (χ0v) is 5.55. The van der Waals surface area contributed by atoms with E-state index in [0.29, 0.717) is 11.9 Å². The van der Waals surface area contributed by atoms with Gasteiger partial charge in [-0.3, -0.25) is 4.79 Å². The smallest absolute Gasteiger partial charge is 0.149 e. The summed E-state index contributed by atoms with van der Waals surface area (Å²) in [6.07, 6.45) is 4.09. The van der Waals surface area contributed by atoms with E-state index in [1.54, 1.807) is 12.2 Å². The van der Waals surface area contributed by atoms with Crippen molar-refractivity contribution >= 4 is 6.29 Å². The monoisotopic (exact) mass is 122 g/mol. The molecule has 1 nitrogen and oxygen atoms in total. The summed E-state index contributed by atoms with van der Waals surface area (Å²) in [4.78, 5) is 9.94. The molecule has 0 heterocycles. The highest BCUT2D eigenvalue weighted by Crippen LogP contribution is 1.93. The summed E-state index contributed by atoms with van der Waals surface area (Å²) in [5.41, 5.74) is 1.39. The van der Waals surface area contributed by atoms with Gasteiger partial charge in [0.15, 0.2) is 0 Å². The predicted octanol–water partition coefficient (Wildman–Crippen LogP) is 1.87. The standard InChI is InChI=1S/C8H10O/c1-7(2)4-5-8(3)6-9/h4-6H,1,3H2,2H3/b5-4-. The van der Waals surface area contributed by atoms with Gasteiger partial charge in [0.05, 0.1) is 0 Å². The van der Waals surface area contributed by atoms with Crippen LogP contribution in [0.4, 0.5) is 0 Å². The Morgan fingerprint density at radius 3 is 2.22 bits per heavy atom. The minimum absolute atomic E-state index is 0.470. The molecule has 0 saturated carbocycles. The average molecular weight is 122 g/mol. The third-order valence-corrected chi connectivity index (χ3v) is 0.733. The summed E-state index contributed by atoms with van der Waals surface area (Å²) in [5, 5.41) is 0. The van der Waals surface area contributed by atoms with Crippen LogP contribution in [0.5, 0.6) is 0 Å². The lowest BCUT2D eigenvalue weighted by atomic mass is 10.2. The zero-order chi connectivity index (χ0) is 7.28. The van der Waals surface area contributed by atoms with Crippen molar-refractivity contribution in [3.63, 3.8) is 0 Å². The number of carbonyl (C=O) groups excluding carboxylic acids is 1. The molecule has 0 aromatic heterocycles. The van der Waals surface area contributed by atoms with Crippen LogP contribution in [-0.2, 0) is 4.79 Å². The Balaban J connectivity index is 3.85. The molecule has 0 atom stereocenters. The van der Waals surface area contributed by atoms with E-state index in [2.05, 4.69) is 13.2 Å². The van der Waals surface area contributed by atoms with Gasteiger partial charge in [0, 0.05) is 5.57 Å². The molecule has 0 bridgehead atoms. The van der Waals surface area contributed by atoms with Gasteiger partial charge < -0.3 is 0 Å². The van der Waals surface area contributed by atoms with Gasteiger partial charge in [0.2, 0.25) is 0 Å². The highest BCUT2D eigenvalue weighted by Gasteiger charge is 1.79. The van der Waals surface area contributed by atoms with Crippen LogP contribution < -0.4 is 0 Å². The molecule has 48 valence electrons. The molecule has 0 spiro atoms. The van der Waals surface area contributed by atoms with Crippen LogP contribution in [0.15, 0.2) is 36.5 Å². The normalized spacial score (nSPS) is 9.44. The van der Waals surface area contributed by atoms with Gasteiger partial charge in [-0.2, -0.15) is 0 Å². The molecule has 0 aromatic rings. The summed E-state index contributed by atoms with van der Waals surface area (Å²) < 4.78 is 0. The Morgan fingerprint density at radius 2 is 1.89 bits per heavy atom. The minimum Gasteiger partial charge on any atom is -0.298 e. The number of rotatable bonds is 3. The van der Waals surface area contributed by atoms with Crippen molar-refractivity contribution in [2.75, 3.05) is 0 Å². The molecule has 0 radical (unpaired) electrons. The maximum atomic E-state index is 9.94. The molecule has 0 aliphatic carbocycles. The fourth-order valence-corrected chi connectivity index (χ4v) is 0.289. The molecule has 0 unspecified atom stereocenters. The van der Waals surface area contributed by atoms with Crippen molar-refractivity contribution in [2.24, 2.45) is 0 Å². The van der Waals surface area contributed by atoms with E-state index >= 15 is 0 Å². The summed E-state index contributed by atoms with van der Waals surface area (Å²) in [7, 11) is 0. The molecule has 0 N–H and O–H groups in total. The second-order valence-corrected chi connectivity index (χ2v) is 1.87. The van der Waals surface area contributed by atoms with E-state index in [1.165, 1.54) is 0 Å². The topological polar surface area (TPSA) is 17.1 Å². The third-order valence-electron chi connectivity index (χ3n) is 0.733. The van der Waals surface area contributed by atoms with Gasteiger partial charge in [-0.1, -0.05) is 30.9 Å². The SMILES string of the molecule is C=C(C)/C=C\C(=C)C=O. The van der Waals surface area contributed by atoms with Crippen molar-refractivity contribution in [3.05, 3.63) is 36.5 Å². The van der Waals surface area contributed by atoms with Crippen LogP contribution in [-0.4, -0.2) is 6.29 Å². The summed E-state index contributed by atoms with van der Waals surface area (Å²) in [6, 6.07) is 0. The molecular weight excluding hydrogens is 112 g/mol. The van der Waals surface area contributed by atoms with Crippen LogP contribution >= 0.6 is 0 Å². The molecule has 0 aliphatic rings.